The molecule has 0 saturated carbocycles. The molecule has 0 bridgehead atoms. The summed E-state index contributed by atoms with van der Waals surface area (Å²) in [5.41, 5.74) is 2.14. The Morgan fingerprint density at radius 1 is 1.20 bits per heavy atom. The fourth-order valence-corrected chi connectivity index (χ4v) is 3.08. The third-order valence-corrected chi connectivity index (χ3v) is 4.56. The van der Waals surface area contributed by atoms with Crippen LogP contribution in [0, 0.1) is 0 Å². The minimum Gasteiger partial charge on any atom is -0.357 e. The second-order valence-corrected chi connectivity index (χ2v) is 6.49. The second kappa shape index (κ2) is 8.98. The zero-order chi connectivity index (χ0) is 17.3. The van der Waals surface area contributed by atoms with E-state index >= 15 is 0 Å². The molecular formula is C18H22N6S. The molecule has 2 heterocycles. The lowest BCUT2D eigenvalue weighted by Gasteiger charge is -2.11. The number of hydrogen-bond acceptors (Lipinski definition) is 4. The molecule has 2 aromatic heterocycles. The largest absolute Gasteiger partial charge is 0.357 e. The maximum absolute atomic E-state index is 4.66. The van der Waals surface area contributed by atoms with Crippen LogP contribution >= 0.6 is 11.3 Å². The van der Waals surface area contributed by atoms with Gasteiger partial charge in [0.25, 0.3) is 0 Å². The van der Waals surface area contributed by atoms with Gasteiger partial charge in [0.05, 0.1) is 12.2 Å². The highest BCUT2D eigenvalue weighted by Crippen LogP contribution is 2.09. The summed E-state index contributed by atoms with van der Waals surface area (Å²) >= 11 is 1.79. The Bertz CT molecular complexity index is 763. The number of aliphatic imine (C=N–C) groups is 1. The minimum absolute atomic E-state index is 0.631. The fraction of sp³-hybridized carbons (Fsp3) is 0.278. The van der Waals surface area contributed by atoms with Gasteiger partial charge in [0.15, 0.2) is 5.96 Å². The molecule has 0 unspecified atom stereocenters. The van der Waals surface area contributed by atoms with Gasteiger partial charge in [-0.05, 0) is 42.5 Å². The summed E-state index contributed by atoms with van der Waals surface area (Å²) in [5.74, 6) is 0.847. The predicted molar refractivity (Wildman–Crippen MR) is 102 cm³/mol. The van der Waals surface area contributed by atoms with Crippen molar-refractivity contribution in [1.82, 2.24) is 25.4 Å². The number of benzene rings is 1. The Morgan fingerprint density at radius 2 is 2.08 bits per heavy atom. The molecule has 1 aromatic carbocycles. The summed E-state index contributed by atoms with van der Waals surface area (Å²) in [6, 6.07) is 12.4. The SMILES string of the molecule is CCNC(=NCc1ccc(-n2cncn2)cc1)NCCc1cccs1. The van der Waals surface area contributed by atoms with Crippen molar-refractivity contribution >= 4 is 17.3 Å². The normalized spacial score (nSPS) is 11.5. The van der Waals surface area contributed by atoms with Gasteiger partial charge in [-0.25, -0.2) is 14.7 Å². The lowest BCUT2D eigenvalue weighted by molar-refractivity contribution is 0.804. The standard InChI is InChI=1S/C18H22N6S/c1-2-20-18(21-10-9-17-4-3-11-25-17)22-12-15-5-7-16(8-6-15)24-14-19-13-23-24/h3-8,11,13-14H,2,9-10,12H2,1H3,(H2,20,21,22). The van der Waals surface area contributed by atoms with E-state index in [1.165, 1.54) is 11.2 Å². The van der Waals surface area contributed by atoms with Gasteiger partial charge >= 0.3 is 0 Å². The van der Waals surface area contributed by atoms with E-state index in [-0.39, 0.29) is 0 Å². The van der Waals surface area contributed by atoms with Gasteiger partial charge < -0.3 is 10.6 Å². The lowest BCUT2D eigenvalue weighted by Crippen LogP contribution is -2.38. The highest BCUT2D eigenvalue weighted by molar-refractivity contribution is 7.09. The van der Waals surface area contributed by atoms with E-state index in [4.69, 9.17) is 0 Å². The second-order valence-electron chi connectivity index (χ2n) is 5.46. The van der Waals surface area contributed by atoms with Gasteiger partial charge in [0.2, 0.25) is 0 Å². The van der Waals surface area contributed by atoms with Crippen molar-refractivity contribution in [3.63, 3.8) is 0 Å². The zero-order valence-electron chi connectivity index (χ0n) is 14.2. The average Bonchev–Trinajstić information content (AvgIpc) is 3.34. The third-order valence-electron chi connectivity index (χ3n) is 3.63. The topological polar surface area (TPSA) is 67.1 Å². The van der Waals surface area contributed by atoms with Crippen molar-refractivity contribution in [2.75, 3.05) is 13.1 Å². The molecular weight excluding hydrogens is 332 g/mol. The molecule has 3 aromatic rings. The highest BCUT2D eigenvalue weighted by atomic mass is 32.1. The van der Waals surface area contributed by atoms with Crippen molar-refractivity contribution in [1.29, 1.82) is 0 Å². The van der Waals surface area contributed by atoms with Crippen LogP contribution in [0.1, 0.15) is 17.4 Å². The molecule has 6 nitrogen and oxygen atoms in total. The van der Waals surface area contributed by atoms with Gasteiger partial charge in [0.1, 0.15) is 12.7 Å². The summed E-state index contributed by atoms with van der Waals surface area (Å²) in [6.45, 7) is 4.42. The maximum atomic E-state index is 4.66. The van der Waals surface area contributed by atoms with E-state index in [9.17, 15) is 0 Å². The monoisotopic (exact) mass is 354 g/mol. The summed E-state index contributed by atoms with van der Waals surface area (Å²) in [6.07, 6.45) is 4.23. The predicted octanol–water partition coefficient (Wildman–Crippen LogP) is 2.63. The Labute approximate surface area is 151 Å². The van der Waals surface area contributed by atoms with Crippen molar-refractivity contribution in [2.24, 2.45) is 4.99 Å². The van der Waals surface area contributed by atoms with Gasteiger partial charge in [-0.2, -0.15) is 5.10 Å². The molecule has 0 atom stereocenters. The molecule has 3 rings (SSSR count). The molecule has 0 aliphatic carbocycles. The highest BCUT2D eigenvalue weighted by Gasteiger charge is 2.00. The van der Waals surface area contributed by atoms with Crippen LogP contribution in [0.25, 0.3) is 5.69 Å². The Morgan fingerprint density at radius 3 is 2.76 bits per heavy atom. The van der Waals surface area contributed by atoms with Crippen LogP contribution in [0.5, 0.6) is 0 Å². The smallest absolute Gasteiger partial charge is 0.191 e. The molecule has 0 fully saturated rings. The molecule has 0 spiro atoms. The van der Waals surface area contributed by atoms with Gasteiger partial charge in [0, 0.05) is 18.0 Å². The average molecular weight is 354 g/mol. The van der Waals surface area contributed by atoms with Crippen LogP contribution in [0.2, 0.25) is 0 Å². The molecule has 130 valence electrons. The number of rotatable bonds is 7. The maximum Gasteiger partial charge on any atom is 0.191 e. The Balaban J connectivity index is 1.55. The quantitative estimate of drug-likeness (QED) is 0.506. The number of thiophene rings is 1. The molecule has 0 saturated heterocycles. The number of hydrogen-bond donors (Lipinski definition) is 2. The fourth-order valence-electron chi connectivity index (χ4n) is 2.37. The van der Waals surface area contributed by atoms with E-state index in [2.05, 4.69) is 62.3 Å². The molecule has 25 heavy (non-hydrogen) atoms. The van der Waals surface area contributed by atoms with Crippen molar-refractivity contribution < 1.29 is 0 Å². The van der Waals surface area contributed by atoms with Crippen molar-refractivity contribution in [2.45, 2.75) is 19.9 Å². The van der Waals surface area contributed by atoms with Crippen LogP contribution in [-0.2, 0) is 13.0 Å². The third kappa shape index (κ3) is 5.15. The first kappa shape index (κ1) is 17.2. The first-order valence-corrected chi connectivity index (χ1v) is 9.21. The van der Waals surface area contributed by atoms with Crippen LogP contribution in [0.15, 0.2) is 59.4 Å². The molecule has 2 N–H and O–H groups in total. The van der Waals surface area contributed by atoms with E-state index in [0.717, 1.165) is 36.7 Å². The Kier molecular flexibility index (Phi) is 6.17. The summed E-state index contributed by atoms with van der Waals surface area (Å²) in [5, 5.41) is 12.9. The molecule has 7 heteroatoms. The number of aromatic nitrogens is 3. The Hall–Kier alpha value is -2.67. The molecule has 0 aliphatic rings. The van der Waals surface area contributed by atoms with Gasteiger partial charge in [-0.15, -0.1) is 11.3 Å². The van der Waals surface area contributed by atoms with E-state index in [0.29, 0.717) is 6.54 Å². The van der Waals surface area contributed by atoms with Crippen molar-refractivity contribution in [3.05, 3.63) is 64.9 Å². The van der Waals surface area contributed by atoms with Crippen LogP contribution in [0.3, 0.4) is 0 Å². The van der Waals surface area contributed by atoms with Gasteiger partial charge in [-0.1, -0.05) is 18.2 Å². The van der Waals surface area contributed by atoms with Crippen LogP contribution in [-0.4, -0.2) is 33.8 Å². The van der Waals surface area contributed by atoms with E-state index < -0.39 is 0 Å². The van der Waals surface area contributed by atoms with Gasteiger partial charge in [-0.3, -0.25) is 0 Å². The first-order valence-electron chi connectivity index (χ1n) is 8.33. The molecule has 0 radical (unpaired) electrons. The molecule has 0 amide bonds. The summed E-state index contributed by atoms with van der Waals surface area (Å²) in [4.78, 5) is 10.0. The van der Waals surface area contributed by atoms with Crippen molar-refractivity contribution in [3.8, 4) is 5.69 Å². The number of guanidine groups is 1. The van der Waals surface area contributed by atoms with E-state index in [1.54, 1.807) is 22.3 Å². The van der Waals surface area contributed by atoms with Crippen LogP contribution in [0.4, 0.5) is 0 Å². The number of nitrogens with zero attached hydrogens (tertiary/aromatic N) is 4. The van der Waals surface area contributed by atoms with E-state index in [1.807, 2.05) is 12.1 Å². The number of nitrogens with one attached hydrogen (secondary N) is 2. The summed E-state index contributed by atoms with van der Waals surface area (Å²) < 4.78 is 1.74. The molecule has 0 aliphatic heterocycles. The summed E-state index contributed by atoms with van der Waals surface area (Å²) in [7, 11) is 0. The van der Waals surface area contributed by atoms with Crippen LogP contribution < -0.4 is 10.6 Å². The minimum atomic E-state index is 0.631. The lowest BCUT2D eigenvalue weighted by atomic mass is 10.2. The zero-order valence-corrected chi connectivity index (χ0v) is 15.0. The first-order chi connectivity index (χ1) is 12.3.